The molecule has 0 unspecified atom stereocenters. The minimum Gasteiger partial charge on any atom is -0.398 e. The first-order valence-corrected chi connectivity index (χ1v) is 7.91. The average molecular weight is 297 g/mol. The number of hydrogen-bond acceptors (Lipinski definition) is 4. The van der Waals surface area contributed by atoms with Crippen LogP contribution in [0.4, 0.5) is 5.69 Å². The number of nitrogens with one attached hydrogen (secondary N) is 1. The van der Waals surface area contributed by atoms with E-state index in [1.807, 2.05) is 0 Å². The molecule has 0 heterocycles. The number of rotatable bonds is 5. The molecule has 0 radical (unpaired) electrons. The Labute approximate surface area is 118 Å². The van der Waals surface area contributed by atoms with E-state index in [0.717, 1.165) is 19.3 Å². The van der Waals surface area contributed by atoms with Crippen molar-refractivity contribution in [2.24, 2.45) is 11.1 Å². The molecule has 1 amide bonds. The van der Waals surface area contributed by atoms with E-state index >= 15 is 0 Å². The predicted molar refractivity (Wildman–Crippen MR) is 76.5 cm³/mol. The van der Waals surface area contributed by atoms with Crippen LogP contribution < -0.4 is 16.2 Å². The van der Waals surface area contributed by atoms with Crippen LogP contribution in [-0.2, 0) is 10.0 Å². The van der Waals surface area contributed by atoms with E-state index in [1.165, 1.54) is 18.2 Å². The van der Waals surface area contributed by atoms with Gasteiger partial charge in [-0.15, -0.1) is 0 Å². The Kier molecular flexibility index (Phi) is 3.75. The number of hydrogen-bond donors (Lipinski definition) is 3. The van der Waals surface area contributed by atoms with E-state index in [1.54, 1.807) is 0 Å². The number of nitrogen functional groups attached to an aromatic ring is 1. The largest absolute Gasteiger partial charge is 0.398 e. The van der Waals surface area contributed by atoms with Crippen LogP contribution in [0.1, 0.15) is 36.5 Å². The summed E-state index contributed by atoms with van der Waals surface area (Å²) in [6.45, 7) is 2.45. The lowest BCUT2D eigenvalue weighted by molar-refractivity contribution is 0.1000. The quantitative estimate of drug-likeness (QED) is 0.698. The molecule has 2 rings (SSSR count). The molecule has 7 heteroatoms. The van der Waals surface area contributed by atoms with Crippen LogP contribution in [0.3, 0.4) is 0 Å². The van der Waals surface area contributed by atoms with Gasteiger partial charge >= 0.3 is 0 Å². The van der Waals surface area contributed by atoms with E-state index in [4.69, 9.17) is 11.5 Å². The van der Waals surface area contributed by atoms with Gasteiger partial charge in [0.25, 0.3) is 0 Å². The second-order valence-corrected chi connectivity index (χ2v) is 7.34. The van der Waals surface area contributed by atoms with Crippen LogP contribution in [0, 0.1) is 5.41 Å². The Hall–Kier alpha value is -1.60. The zero-order valence-corrected chi connectivity index (χ0v) is 12.2. The minimum absolute atomic E-state index is 0.0209. The van der Waals surface area contributed by atoms with Crippen molar-refractivity contribution >= 4 is 21.6 Å². The monoisotopic (exact) mass is 297 g/mol. The number of carbonyl (C=O) groups excluding carboxylic acids is 1. The van der Waals surface area contributed by atoms with Crippen molar-refractivity contribution in [2.75, 3.05) is 12.3 Å². The van der Waals surface area contributed by atoms with Gasteiger partial charge in [0.1, 0.15) is 4.90 Å². The summed E-state index contributed by atoms with van der Waals surface area (Å²) in [5.41, 5.74) is 11.1. The zero-order chi connectivity index (χ0) is 15.0. The van der Waals surface area contributed by atoms with E-state index in [2.05, 4.69) is 11.6 Å². The normalized spacial score (nSPS) is 17.4. The maximum absolute atomic E-state index is 12.2. The lowest BCUT2D eigenvalue weighted by Crippen LogP contribution is -2.40. The van der Waals surface area contributed by atoms with Gasteiger partial charge in [-0.05, 0) is 36.5 Å². The van der Waals surface area contributed by atoms with Gasteiger partial charge in [-0.3, -0.25) is 4.79 Å². The summed E-state index contributed by atoms with van der Waals surface area (Å²) in [5.74, 6) is -0.643. The van der Waals surface area contributed by atoms with Crippen LogP contribution in [-0.4, -0.2) is 20.9 Å². The highest BCUT2D eigenvalue weighted by Crippen LogP contribution is 2.39. The summed E-state index contributed by atoms with van der Waals surface area (Å²) in [7, 11) is -3.67. The molecular formula is C13H19N3O3S. The zero-order valence-electron chi connectivity index (χ0n) is 11.3. The molecule has 0 saturated heterocycles. The van der Waals surface area contributed by atoms with Crippen molar-refractivity contribution < 1.29 is 13.2 Å². The van der Waals surface area contributed by atoms with Gasteiger partial charge in [-0.2, -0.15) is 0 Å². The van der Waals surface area contributed by atoms with Crippen molar-refractivity contribution in [3.8, 4) is 0 Å². The number of primary amides is 1. The third-order valence-electron chi connectivity index (χ3n) is 3.83. The number of benzene rings is 1. The molecule has 0 aromatic heterocycles. The SMILES string of the molecule is CC1(CNS(=O)(=O)c2ccc(C(N)=O)cc2N)CCC1. The van der Waals surface area contributed by atoms with Crippen molar-refractivity contribution in [1.29, 1.82) is 0 Å². The molecule has 6 nitrogen and oxygen atoms in total. The Morgan fingerprint density at radius 2 is 2.05 bits per heavy atom. The topological polar surface area (TPSA) is 115 Å². The van der Waals surface area contributed by atoms with Gasteiger partial charge in [-0.25, -0.2) is 13.1 Å². The second-order valence-electron chi connectivity index (χ2n) is 5.61. The van der Waals surface area contributed by atoms with E-state index < -0.39 is 15.9 Å². The summed E-state index contributed by atoms with van der Waals surface area (Å²) in [5, 5.41) is 0. The molecule has 5 N–H and O–H groups in total. The van der Waals surface area contributed by atoms with Crippen LogP contribution in [0.15, 0.2) is 23.1 Å². The fraction of sp³-hybridized carbons (Fsp3) is 0.462. The maximum Gasteiger partial charge on any atom is 0.248 e. The highest BCUT2D eigenvalue weighted by atomic mass is 32.2. The fourth-order valence-corrected chi connectivity index (χ4v) is 3.56. The second kappa shape index (κ2) is 5.06. The Morgan fingerprint density at radius 1 is 1.40 bits per heavy atom. The van der Waals surface area contributed by atoms with Crippen molar-refractivity contribution in [2.45, 2.75) is 31.1 Å². The fourth-order valence-electron chi connectivity index (χ4n) is 2.25. The summed E-state index contributed by atoms with van der Waals surface area (Å²) in [4.78, 5) is 11.0. The first-order chi connectivity index (χ1) is 9.23. The number of amides is 1. The lowest BCUT2D eigenvalue weighted by atomic mass is 9.71. The molecular weight excluding hydrogens is 278 g/mol. The lowest BCUT2D eigenvalue weighted by Gasteiger charge is -2.38. The molecule has 0 atom stereocenters. The van der Waals surface area contributed by atoms with Gasteiger partial charge < -0.3 is 11.5 Å². The highest BCUT2D eigenvalue weighted by molar-refractivity contribution is 7.89. The summed E-state index contributed by atoms with van der Waals surface area (Å²) in [6, 6.07) is 3.95. The van der Waals surface area contributed by atoms with Crippen LogP contribution in [0.2, 0.25) is 0 Å². The first-order valence-electron chi connectivity index (χ1n) is 6.43. The van der Waals surface area contributed by atoms with Crippen molar-refractivity contribution in [3.63, 3.8) is 0 Å². The highest BCUT2D eigenvalue weighted by Gasteiger charge is 2.33. The third kappa shape index (κ3) is 2.94. The number of carbonyl (C=O) groups is 1. The van der Waals surface area contributed by atoms with Crippen molar-refractivity contribution in [3.05, 3.63) is 23.8 Å². The van der Waals surface area contributed by atoms with E-state index in [-0.39, 0.29) is 21.6 Å². The van der Waals surface area contributed by atoms with Gasteiger partial charge in [0.15, 0.2) is 0 Å². The van der Waals surface area contributed by atoms with Crippen LogP contribution in [0.5, 0.6) is 0 Å². The molecule has 1 saturated carbocycles. The summed E-state index contributed by atoms with van der Waals surface area (Å²) < 4.78 is 27.0. The van der Waals surface area contributed by atoms with Crippen molar-refractivity contribution in [1.82, 2.24) is 4.72 Å². The first kappa shape index (κ1) is 14.8. The van der Waals surface area contributed by atoms with E-state index in [9.17, 15) is 13.2 Å². The molecule has 0 aliphatic heterocycles. The molecule has 1 aliphatic rings. The van der Waals surface area contributed by atoms with Crippen LogP contribution in [0.25, 0.3) is 0 Å². The van der Waals surface area contributed by atoms with Gasteiger partial charge in [0, 0.05) is 12.1 Å². The Balaban J connectivity index is 2.18. The standard InChI is InChI=1S/C13H19N3O3S/c1-13(5-2-6-13)8-16-20(18,19)11-4-3-9(12(15)17)7-10(11)14/h3-4,7,16H,2,5-6,8,14H2,1H3,(H2,15,17). The summed E-state index contributed by atoms with van der Waals surface area (Å²) in [6.07, 6.45) is 3.17. The molecule has 0 spiro atoms. The molecule has 0 bridgehead atoms. The predicted octanol–water partition coefficient (Wildman–Crippen LogP) is 0.836. The Bertz CT molecular complexity index is 636. The molecule has 20 heavy (non-hydrogen) atoms. The minimum atomic E-state index is -3.67. The van der Waals surface area contributed by atoms with Gasteiger partial charge in [-0.1, -0.05) is 13.3 Å². The smallest absolute Gasteiger partial charge is 0.248 e. The average Bonchev–Trinajstić information content (AvgIpc) is 2.33. The third-order valence-corrected chi connectivity index (χ3v) is 5.31. The van der Waals surface area contributed by atoms with Crippen LogP contribution >= 0.6 is 0 Å². The number of anilines is 1. The van der Waals surface area contributed by atoms with Gasteiger partial charge in [0.2, 0.25) is 15.9 Å². The summed E-state index contributed by atoms with van der Waals surface area (Å²) >= 11 is 0. The molecule has 1 aliphatic carbocycles. The molecule has 1 fully saturated rings. The van der Waals surface area contributed by atoms with E-state index in [0.29, 0.717) is 6.54 Å². The van der Waals surface area contributed by atoms with Gasteiger partial charge in [0.05, 0.1) is 5.69 Å². The number of nitrogens with two attached hydrogens (primary N) is 2. The molecule has 1 aromatic carbocycles. The maximum atomic E-state index is 12.2. The molecule has 1 aromatic rings. The number of sulfonamides is 1. The molecule has 110 valence electrons. The Morgan fingerprint density at radius 3 is 2.50 bits per heavy atom.